The number of ether oxygens (including phenoxy) is 1. The van der Waals surface area contributed by atoms with Crippen LogP contribution in [0.4, 0.5) is 0 Å². The summed E-state index contributed by atoms with van der Waals surface area (Å²) in [7, 11) is 1.55. The van der Waals surface area contributed by atoms with Gasteiger partial charge in [-0.25, -0.2) is 4.98 Å². The Morgan fingerprint density at radius 3 is 2.58 bits per heavy atom. The number of nitrogens with zero attached hydrogens (tertiary/aromatic N) is 3. The molecule has 0 bridgehead atoms. The van der Waals surface area contributed by atoms with Gasteiger partial charge in [0.2, 0.25) is 0 Å². The van der Waals surface area contributed by atoms with Crippen molar-refractivity contribution in [1.82, 2.24) is 14.3 Å². The van der Waals surface area contributed by atoms with Crippen molar-refractivity contribution in [3.05, 3.63) is 76.7 Å². The molecule has 1 aromatic carbocycles. The molecule has 3 heterocycles. The molecule has 1 atom stereocenters. The number of rotatable bonds is 6. The SMILES string of the molecule is CCc1ccc(C2/C(=C(\O)c3c(C)nc4ccccn34)C(=O)C(=O)N2CCOC)cc1. The maximum atomic E-state index is 13.1. The molecule has 2 aromatic heterocycles. The minimum absolute atomic E-state index is 0.0686. The molecular formula is C24H25N3O4. The number of aromatic nitrogens is 2. The fourth-order valence-corrected chi connectivity index (χ4v) is 4.11. The monoisotopic (exact) mass is 419 g/mol. The number of imidazole rings is 1. The first-order valence-electron chi connectivity index (χ1n) is 10.3. The van der Waals surface area contributed by atoms with E-state index in [9.17, 15) is 14.7 Å². The molecule has 1 amide bonds. The molecule has 0 spiro atoms. The largest absolute Gasteiger partial charge is 0.505 e. The number of carbonyl (C=O) groups excluding carboxylic acids is 2. The van der Waals surface area contributed by atoms with E-state index in [1.807, 2.05) is 42.5 Å². The van der Waals surface area contributed by atoms with Crippen LogP contribution in [0.25, 0.3) is 11.4 Å². The molecule has 160 valence electrons. The summed E-state index contributed by atoms with van der Waals surface area (Å²) in [5, 5.41) is 11.3. The summed E-state index contributed by atoms with van der Waals surface area (Å²) < 4.78 is 6.88. The number of pyridine rings is 1. The highest BCUT2D eigenvalue weighted by Crippen LogP contribution is 2.39. The van der Waals surface area contributed by atoms with Crippen LogP contribution in [0.1, 0.15) is 35.5 Å². The number of hydrogen-bond donors (Lipinski definition) is 1. The summed E-state index contributed by atoms with van der Waals surface area (Å²) in [6, 6.07) is 12.6. The molecule has 1 unspecified atom stereocenters. The molecule has 4 rings (SSSR count). The van der Waals surface area contributed by atoms with E-state index >= 15 is 0 Å². The summed E-state index contributed by atoms with van der Waals surface area (Å²) in [5.41, 5.74) is 3.62. The predicted molar refractivity (Wildman–Crippen MR) is 117 cm³/mol. The van der Waals surface area contributed by atoms with Gasteiger partial charge in [-0.1, -0.05) is 37.3 Å². The Morgan fingerprint density at radius 1 is 1.16 bits per heavy atom. The summed E-state index contributed by atoms with van der Waals surface area (Å²) in [5.74, 6) is -1.57. The highest BCUT2D eigenvalue weighted by atomic mass is 16.5. The van der Waals surface area contributed by atoms with Gasteiger partial charge in [-0.3, -0.25) is 14.0 Å². The van der Waals surface area contributed by atoms with E-state index in [-0.39, 0.29) is 24.5 Å². The molecule has 7 heteroatoms. The summed E-state index contributed by atoms with van der Waals surface area (Å²) >= 11 is 0. The number of aliphatic hydroxyl groups is 1. The van der Waals surface area contributed by atoms with Crippen LogP contribution < -0.4 is 0 Å². The van der Waals surface area contributed by atoms with E-state index < -0.39 is 17.7 Å². The third-order valence-corrected chi connectivity index (χ3v) is 5.71. The average molecular weight is 419 g/mol. The van der Waals surface area contributed by atoms with Crippen LogP contribution in [-0.4, -0.2) is 51.3 Å². The Labute approximate surface area is 180 Å². The van der Waals surface area contributed by atoms with Gasteiger partial charge >= 0.3 is 0 Å². The molecule has 1 aliphatic rings. The van der Waals surface area contributed by atoms with Gasteiger partial charge in [-0.2, -0.15) is 0 Å². The molecule has 3 aromatic rings. The zero-order chi connectivity index (χ0) is 22.1. The minimum Gasteiger partial charge on any atom is -0.505 e. The summed E-state index contributed by atoms with van der Waals surface area (Å²) in [6.07, 6.45) is 2.65. The van der Waals surface area contributed by atoms with Crippen LogP contribution >= 0.6 is 0 Å². The smallest absolute Gasteiger partial charge is 0.295 e. The maximum absolute atomic E-state index is 13.1. The Kier molecular flexibility index (Phi) is 5.61. The molecule has 0 saturated carbocycles. The van der Waals surface area contributed by atoms with Gasteiger partial charge in [-0.05, 0) is 36.6 Å². The Morgan fingerprint density at radius 2 is 1.90 bits per heavy atom. The van der Waals surface area contributed by atoms with E-state index in [2.05, 4.69) is 11.9 Å². The Bertz CT molecular complexity index is 1180. The number of hydrogen-bond acceptors (Lipinski definition) is 5. The number of carbonyl (C=O) groups is 2. The van der Waals surface area contributed by atoms with Gasteiger partial charge in [0.15, 0.2) is 5.76 Å². The van der Waals surface area contributed by atoms with Gasteiger partial charge in [0.05, 0.1) is 23.9 Å². The van der Waals surface area contributed by atoms with E-state index in [0.29, 0.717) is 17.0 Å². The molecule has 1 N–H and O–H groups in total. The normalized spacial score (nSPS) is 18.3. The van der Waals surface area contributed by atoms with Crippen LogP contribution in [0, 0.1) is 6.92 Å². The minimum atomic E-state index is -0.705. The van der Waals surface area contributed by atoms with Crippen LogP contribution in [0.15, 0.2) is 54.2 Å². The van der Waals surface area contributed by atoms with E-state index in [0.717, 1.165) is 17.5 Å². The highest BCUT2D eigenvalue weighted by Gasteiger charge is 2.46. The lowest BCUT2D eigenvalue weighted by molar-refractivity contribution is -0.140. The van der Waals surface area contributed by atoms with Gasteiger partial charge in [0.25, 0.3) is 11.7 Å². The van der Waals surface area contributed by atoms with Crippen molar-refractivity contribution < 1.29 is 19.4 Å². The average Bonchev–Trinajstić information content (AvgIpc) is 3.25. The fraction of sp³-hybridized carbons (Fsp3) is 0.292. The van der Waals surface area contributed by atoms with Crippen LogP contribution in [0.3, 0.4) is 0 Å². The number of aryl methyl sites for hydroxylation is 2. The fourth-order valence-electron chi connectivity index (χ4n) is 4.11. The van der Waals surface area contributed by atoms with Crippen molar-refractivity contribution >= 4 is 23.1 Å². The van der Waals surface area contributed by atoms with Gasteiger partial charge in [0, 0.05) is 19.9 Å². The first-order chi connectivity index (χ1) is 15.0. The predicted octanol–water partition coefficient (Wildman–Crippen LogP) is 3.27. The van der Waals surface area contributed by atoms with Crippen molar-refractivity contribution in [2.24, 2.45) is 0 Å². The molecule has 1 fully saturated rings. The van der Waals surface area contributed by atoms with Crippen LogP contribution in [0.5, 0.6) is 0 Å². The molecule has 0 radical (unpaired) electrons. The third-order valence-electron chi connectivity index (χ3n) is 5.71. The van der Waals surface area contributed by atoms with Gasteiger partial charge < -0.3 is 14.7 Å². The molecular weight excluding hydrogens is 394 g/mol. The first-order valence-corrected chi connectivity index (χ1v) is 10.3. The highest BCUT2D eigenvalue weighted by molar-refractivity contribution is 6.46. The molecule has 7 nitrogen and oxygen atoms in total. The standard InChI is InChI=1S/C24H25N3O4/c1-4-16-8-10-17(11-9-16)21-19(23(29)24(30)27(21)13-14-31-3)22(28)20-15(2)25-18-7-5-6-12-26(18)20/h5-12,21,28H,4,13-14H2,1-3H3/b22-19+. The summed E-state index contributed by atoms with van der Waals surface area (Å²) in [6.45, 7) is 4.36. The van der Waals surface area contributed by atoms with Crippen LogP contribution in [0.2, 0.25) is 0 Å². The number of likely N-dealkylation sites (tertiary alicyclic amines) is 1. The molecule has 1 saturated heterocycles. The first kappa shape index (κ1) is 20.8. The Hall–Kier alpha value is -3.45. The third kappa shape index (κ3) is 3.51. The lowest BCUT2D eigenvalue weighted by Gasteiger charge is -2.25. The van der Waals surface area contributed by atoms with E-state index in [1.165, 1.54) is 4.90 Å². The number of amides is 1. The maximum Gasteiger partial charge on any atom is 0.295 e. The lowest BCUT2D eigenvalue weighted by atomic mass is 9.95. The molecule has 1 aliphatic heterocycles. The van der Waals surface area contributed by atoms with E-state index in [1.54, 1.807) is 24.6 Å². The number of aliphatic hydroxyl groups excluding tert-OH is 1. The second kappa shape index (κ2) is 8.35. The van der Waals surface area contributed by atoms with Crippen LogP contribution in [-0.2, 0) is 20.7 Å². The van der Waals surface area contributed by atoms with Gasteiger partial charge in [0.1, 0.15) is 11.3 Å². The number of methoxy groups -OCH3 is 1. The lowest BCUT2D eigenvalue weighted by Crippen LogP contribution is -2.32. The second-order valence-electron chi connectivity index (χ2n) is 7.56. The Balaban J connectivity index is 1.92. The summed E-state index contributed by atoms with van der Waals surface area (Å²) in [4.78, 5) is 31.9. The molecule has 0 aliphatic carbocycles. The second-order valence-corrected chi connectivity index (χ2v) is 7.56. The van der Waals surface area contributed by atoms with Crippen molar-refractivity contribution in [3.63, 3.8) is 0 Å². The van der Waals surface area contributed by atoms with Crippen molar-refractivity contribution in [2.45, 2.75) is 26.3 Å². The zero-order valence-electron chi connectivity index (χ0n) is 17.8. The number of Topliss-reactive ketones (excluding diaryl/α,β-unsaturated/α-hetero) is 1. The van der Waals surface area contributed by atoms with Crippen molar-refractivity contribution in [1.29, 1.82) is 0 Å². The van der Waals surface area contributed by atoms with Crippen molar-refractivity contribution in [2.75, 3.05) is 20.3 Å². The van der Waals surface area contributed by atoms with E-state index in [4.69, 9.17) is 4.74 Å². The topological polar surface area (TPSA) is 84.1 Å². The quantitative estimate of drug-likeness (QED) is 0.377. The number of fused-ring (bicyclic) bond motifs is 1. The number of ketones is 1. The van der Waals surface area contributed by atoms with Crippen molar-refractivity contribution in [3.8, 4) is 0 Å². The van der Waals surface area contributed by atoms with Gasteiger partial charge in [-0.15, -0.1) is 0 Å². The zero-order valence-corrected chi connectivity index (χ0v) is 17.8. The number of benzene rings is 1. The molecule has 31 heavy (non-hydrogen) atoms.